The predicted octanol–water partition coefficient (Wildman–Crippen LogP) is 2.56. The van der Waals surface area contributed by atoms with Crippen LogP contribution in [0.4, 0.5) is 8.78 Å². The summed E-state index contributed by atoms with van der Waals surface area (Å²) in [5.41, 5.74) is 1.96. The first kappa shape index (κ1) is 16.6. The first-order chi connectivity index (χ1) is 14.0. The molecule has 146 valence electrons. The van der Waals surface area contributed by atoms with E-state index in [1.54, 1.807) is 17.8 Å². The first-order valence-electron chi connectivity index (χ1n) is 9.13. The minimum absolute atomic E-state index is 0.162. The van der Waals surface area contributed by atoms with Crippen molar-refractivity contribution < 1.29 is 18.3 Å². The molecule has 1 saturated heterocycles. The molecular weight excluding hydrogens is 382 g/mol. The smallest absolute Gasteiger partial charge is 0.329 e. The molecule has 0 amide bonds. The molecule has 6 rings (SSSR count). The highest BCUT2D eigenvalue weighted by Gasteiger charge is 2.39. The van der Waals surface area contributed by atoms with Gasteiger partial charge in [0.05, 0.1) is 46.9 Å². The molecule has 1 aromatic carbocycles. The highest BCUT2D eigenvalue weighted by atomic mass is 19.1. The molecule has 2 aliphatic heterocycles. The standard InChI is InChI=1S/C20H14F2N4O3/c1-25-12-6-23-11-4-10(21)16(9-2-3-15(22)24-5-9)19-17(11)18(12)26(20(25)27)13-7-28-8-14(13)29-19/h2-6,13-14H,7-8H2,1H3/t13-,14+/m1/s1. The first-order valence-corrected chi connectivity index (χ1v) is 9.13. The Morgan fingerprint density at radius 3 is 2.83 bits per heavy atom. The van der Waals surface area contributed by atoms with E-state index in [0.29, 0.717) is 34.1 Å². The molecule has 3 aromatic heterocycles. The zero-order valence-electron chi connectivity index (χ0n) is 15.2. The van der Waals surface area contributed by atoms with Gasteiger partial charge in [-0.2, -0.15) is 4.39 Å². The molecule has 0 spiro atoms. The Bertz CT molecular complexity index is 1380. The SMILES string of the molecule is Cn1c(=O)n2c3c4c(c(-c5ccc(F)nc5)c(F)cc4ncc31)O[C@H]1COC[C@H]12. The number of nitrogens with zero attached hydrogens (tertiary/aromatic N) is 4. The summed E-state index contributed by atoms with van der Waals surface area (Å²) in [6.45, 7) is 0.589. The number of pyridine rings is 2. The summed E-state index contributed by atoms with van der Waals surface area (Å²) < 4.78 is 43.6. The predicted molar refractivity (Wildman–Crippen MR) is 99.9 cm³/mol. The van der Waals surface area contributed by atoms with E-state index in [-0.39, 0.29) is 29.7 Å². The number of aryl methyl sites for hydroxylation is 1. The molecule has 2 aliphatic rings. The Kier molecular flexibility index (Phi) is 3.21. The van der Waals surface area contributed by atoms with Gasteiger partial charge in [0.15, 0.2) is 0 Å². The summed E-state index contributed by atoms with van der Waals surface area (Å²) in [7, 11) is 1.68. The maximum Gasteiger partial charge on any atom is 0.329 e. The van der Waals surface area contributed by atoms with E-state index in [0.717, 1.165) is 0 Å². The van der Waals surface area contributed by atoms with Crippen molar-refractivity contribution in [3.8, 4) is 16.9 Å². The molecule has 0 radical (unpaired) electrons. The van der Waals surface area contributed by atoms with Gasteiger partial charge in [-0.25, -0.2) is 14.2 Å². The third-order valence-electron chi connectivity index (χ3n) is 5.73. The minimum atomic E-state index is -0.660. The largest absolute Gasteiger partial charge is 0.484 e. The molecule has 4 aromatic rings. The number of rotatable bonds is 1. The number of fused-ring (bicyclic) bond motifs is 2. The molecular formula is C20H14F2N4O3. The van der Waals surface area contributed by atoms with E-state index in [1.807, 2.05) is 0 Å². The second-order valence-electron chi connectivity index (χ2n) is 7.29. The summed E-state index contributed by atoms with van der Waals surface area (Å²) in [6, 6.07) is 3.58. The number of hydrogen-bond acceptors (Lipinski definition) is 5. The molecule has 7 nitrogen and oxygen atoms in total. The minimum Gasteiger partial charge on any atom is -0.484 e. The maximum absolute atomic E-state index is 15.2. The Balaban J connectivity index is 1.82. The summed E-state index contributed by atoms with van der Waals surface area (Å²) >= 11 is 0. The molecule has 5 heterocycles. The summed E-state index contributed by atoms with van der Waals surface area (Å²) in [5, 5.41) is 0.551. The lowest BCUT2D eigenvalue weighted by Crippen LogP contribution is -2.34. The molecule has 0 unspecified atom stereocenters. The van der Waals surface area contributed by atoms with E-state index in [2.05, 4.69) is 9.97 Å². The van der Waals surface area contributed by atoms with Gasteiger partial charge < -0.3 is 9.47 Å². The molecule has 0 bridgehead atoms. The van der Waals surface area contributed by atoms with Crippen LogP contribution >= 0.6 is 0 Å². The van der Waals surface area contributed by atoms with Crippen molar-refractivity contribution in [2.45, 2.75) is 12.1 Å². The van der Waals surface area contributed by atoms with Crippen LogP contribution in [0.5, 0.6) is 5.75 Å². The second-order valence-corrected chi connectivity index (χ2v) is 7.29. The fourth-order valence-electron chi connectivity index (χ4n) is 4.36. The van der Waals surface area contributed by atoms with Crippen LogP contribution in [0, 0.1) is 11.8 Å². The van der Waals surface area contributed by atoms with Crippen LogP contribution < -0.4 is 10.4 Å². The average molecular weight is 396 g/mol. The molecule has 0 saturated carbocycles. The Morgan fingerprint density at radius 1 is 1.17 bits per heavy atom. The fraction of sp³-hybridized carbons (Fsp3) is 0.250. The lowest BCUT2D eigenvalue weighted by molar-refractivity contribution is 0.140. The van der Waals surface area contributed by atoms with Crippen LogP contribution in [0.3, 0.4) is 0 Å². The molecule has 1 fully saturated rings. The van der Waals surface area contributed by atoms with Crippen molar-refractivity contribution in [1.29, 1.82) is 0 Å². The van der Waals surface area contributed by atoms with Gasteiger partial charge >= 0.3 is 5.69 Å². The number of benzene rings is 1. The molecule has 2 atom stereocenters. The van der Waals surface area contributed by atoms with Crippen molar-refractivity contribution >= 4 is 21.9 Å². The van der Waals surface area contributed by atoms with Crippen LogP contribution in [0.1, 0.15) is 6.04 Å². The van der Waals surface area contributed by atoms with Gasteiger partial charge in [0.1, 0.15) is 23.7 Å². The molecule has 0 N–H and O–H groups in total. The number of hydrogen-bond donors (Lipinski definition) is 0. The van der Waals surface area contributed by atoms with Gasteiger partial charge in [-0.15, -0.1) is 0 Å². The van der Waals surface area contributed by atoms with Crippen molar-refractivity contribution in [3.05, 3.63) is 52.8 Å². The molecule has 29 heavy (non-hydrogen) atoms. The van der Waals surface area contributed by atoms with Gasteiger partial charge in [0.2, 0.25) is 5.95 Å². The van der Waals surface area contributed by atoms with Crippen molar-refractivity contribution in [3.63, 3.8) is 0 Å². The van der Waals surface area contributed by atoms with Gasteiger partial charge in [0, 0.05) is 24.9 Å². The van der Waals surface area contributed by atoms with Gasteiger partial charge in [-0.05, 0) is 12.1 Å². The van der Waals surface area contributed by atoms with Crippen LogP contribution in [0.25, 0.3) is 33.1 Å². The van der Waals surface area contributed by atoms with Gasteiger partial charge in [-0.1, -0.05) is 0 Å². The number of ether oxygens (including phenoxy) is 2. The molecule has 0 aliphatic carbocycles. The Morgan fingerprint density at radius 2 is 2.03 bits per heavy atom. The second kappa shape index (κ2) is 5.60. The fourth-order valence-corrected chi connectivity index (χ4v) is 4.36. The van der Waals surface area contributed by atoms with Crippen molar-refractivity contribution in [2.75, 3.05) is 13.2 Å². The summed E-state index contributed by atoms with van der Waals surface area (Å²) in [4.78, 5) is 21.0. The van der Waals surface area contributed by atoms with Crippen LogP contribution in [-0.2, 0) is 11.8 Å². The third kappa shape index (κ3) is 2.10. The highest BCUT2D eigenvalue weighted by Crippen LogP contribution is 2.45. The number of halogens is 2. The lowest BCUT2D eigenvalue weighted by atomic mass is 10.0. The van der Waals surface area contributed by atoms with Crippen LogP contribution in [-0.4, -0.2) is 38.4 Å². The monoisotopic (exact) mass is 396 g/mol. The summed E-state index contributed by atoms with van der Waals surface area (Å²) in [5.74, 6) is -0.953. The summed E-state index contributed by atoms with van der Waals surface area (Å²) in [6.07, 6.45) is 2.36. The van der Waals surface area contributed by atoms with Crippen molar-refractivity contribution in [1.82, 2.24) is 19.1 Å². The normalized spacial score (nSPS) is 20.2. The molecule has 9 heteroatoms. The number of imidazole rings is 1. The quantitative estimate of drug-likeness (QED) is 0.463. The Labute approximate surface area is 162 Å². The van der Waals surface area contributed by atoms with E-state index in [9.17, 15) is 9.18 Å². The van der Waals surface area contributed by atoms with Gasteiger partial charge in [0.25, 0.3) is 0 Å². The van der Waals surface area contributed by atoms with E-state index < -0.39 is 17.9 Å². The zero-order chi connectivity index (χ0) is 19.9. The average Bonchev–Trinajstić information content (AvgIpc) is 3.21. The van der Waals surface area contributed by atoms with Gasteiger partial charge in [-0.3, -0.25) is 14.1 Å². The van der Waals surface area contributed by atoms with E-state index >= 15 is 4.39 Å². The van der Waals surface area contributed by atoms with Crippen molar-refractivity contribution in [2.24, 2.45) is 7.05 Å². The van der Waals surface area contributed by atoms with E-state index in [1.165, 1.54) is 29.0 Å². The zero-order valence-corrected chi connectivity index (χ0v) is 15.2. The number of aromatic nitrogens is 4. The topological polar surface area (TPSA) is 71.2 Å². The maximum atomic E-state index is 15.2. The van der Waals surface area contributed by atoms with Crippen LogP contribution in [0.2, 0.25) is 0 Å². The lowest BCUT2D eigenvalue weighted by Gasteiger charge is -2.20. The highest BCUT2D eigenvalue weighted by molar-refractivity contribution is 6.09. The Hall–Kier alpha value is -3.33. The van der Waals surface area contributed by atoms with Crippen LogP contribution in [0.15, 0.2) is 35.4 Å². The van der Waals surface area contributed by atoms with E-state index in [4.69, 9.17) is 9.47 Å². The third-order valence-corrected chi connectivity index (χ3v) is 5.73.